The molecule has 0 atom stereocenters. The van der Waals surface area contributed by atoms with E-state index in [0.717, 1.165) is 0 Å². The molecule has 0 amide bonds. The number of benzene rings is 2. The second-order valence-electron chi connectivity index (χ2n) is 5.22. The largest absolute Gasteiger partial charge is 0.508 e. The minimum absolute atomic E-state index is 0.0266. The Morgan fingerprint density at radius 1 is 0.840 bits per heavy atom. The Morgan fingerprint density at radius 3 is 1.88 bits per heavy atom. The van der Waals surface area contributed by atoms with E-state index in [2.05, 4.69) is 0 Å². The standard InChI is InChI=1S/C18H12O7/c19-11-5-1-9(2-6-11)13-15(21)16(25-18(13)24)14(17(22)23)10-3-7-12(20)8-4-10/h1-8,19-21H,(H,22,23)/b16-14-. The molecule has 4 N–H and O–H groups in total. The van der Waals surface area contributed by atoms with Crippen LogP contribution in [0.3, 0.4) is 0 Å². The fraction of sp³-hybridized carbons (Fsp3) is 0. The second kappa shape index (κ2) is 6.04. The van der Waals surface area contributed by atoms with E-state index in [1.54, 1.807) is 0 Å². The van der Waals surface area contributed by atoms with Crippen LogP contribution >= 0.6 is 0 Å². The van der Waals surface area contributed by atoms with Gasteiger partial charge in [-0.25, -0.2) is 9.59 Å². The summed E-state index contributed by atoms with van der Waals surface area (Å²) >= 11 is 0. The SMILES string of the molecule is O=C1O/C(=C(\C(=O)O)c2ccc(O)cc2)C(O)=C1c1ccc(O)cc1. The predicted molar refractivity (Wildman–Crippen MR) is 86.4 cm³/mol. The molecule has 3 rings (SSSR count). The van der Waals surface area contributed by atoms with Crippen LogP contribution in [0.25, 0.3) is 11.1 Å². The molecule has 126 valence electrons. The van der Waals surface area contributed by atoms with Gasteiger partial charge < -0.3 is 25.2 Å². The van der Waals surface area contributed by atoms with Crippen LogP contribution in [0.15, 0.2) is 60.0 Å². The van der Waals surface area contributed by atoms with Crippen LogP contribution in [0, 0.1) is 0 Å². The van der Waals surface area contributed by atoms with Gasteiger partial charge in [0.1, 0.15) is 22.6 Å². The minimum Gasteiger partial charge on any atom is -0.508 e. The second-order valence-corrected chi connectivity index (χ2v) is 5.22. The summed E-state index contributed by atoms with van der Waals surface area (Å²) in [5, 5.41) is 38.5. The number of phenols is 2. The average Bonchev–Trinajstić information content (AvgIpc) is 2.85. The van der Waals surface area contributed by atoms with Crippen LogP contribution in [0.5, 0.6) is 11.5 Å². The summed E-state index contributed by atoms with van der Waals surface area (Å²) in [6.07, 6.45) is 0. The monoisotopic (exact) mass is 340 g/mol. The maximum atomic E-state index is 12.1. The third kappa shape index (κ3) is 2.90. The van der Waals surface area contributed by atoms with Crippen molar-refractivity contribution in [2.24, 2.45) is 0 Å². The highest BCUT2D eigenvalue weighted by Gasteiger charge is 2.35. The number of carbonyl (C=O) groups excluding carboxylic acids is 1. The Labute approximate surface area is 141 Å². The highest BCUT2D eigenvalue weighted by molar-refractivity contribution is 6.25. The van der Waals surface area contributed by atoms with Crippen molar-refractivity contribution in [2.45, 2.75) is 0 Å². The zero-order valence-electron chi connectivity index (χ0n) is 12.6. The van der Waals surface area contributed by atoms with E-state index in [1.165, 1.54) is 48.5 Å². The van der Waals surface area contributed by atoms with E-state index in [9.17, 15) is 30.0 Å². The van der Waals surface area contributed by atoms with Gasteiger partial charge in [0.05, 0.1) is 0 Å². The fourth-order valence-corrected chi connectivity index (χ4v) is 2.43. The van der Waals surface area contributed by atoms with Gasteiger partial charge in [0, 0.05) is 0 Å². The number of carboxylic acids is 1. The number of cyclic esters (lactones) is 1. The minimum atomic E-state index is -1.41. The van der Waals surface area contributed by atoms with Gasteiger partial charge in [0.2, 0.25) is 0 Å². The number of rotatable bonds is 3. The van der Waals surface area contributed by atoms with Crippen molar-refractivity contribution in [3.63, 3.8) is 0 Å². The summed E-state index contributed by atoms with van der Waals surface area (Å²) in [5.41, 5.74) is -0.204. The zero-order chi connectivity index (χ0) is 18.1. The molecule has 0 bridgehead atoms. The molecule has 0 saturated carbocycles. The van der Waals surface area contributed by atoms with Crippen LogP contribution < -0.4 is 0 Å². The number of aliphatic carboxylic acids is 1. The summed E-state index contributed by atoms with van der Waals surface area (Å²) in [6.45, 7) is 0. The van der Waals surface area contributed by atoms with Gasteiger partial charge in [0.25, 0.3) is 0 Å². The predicted octanol–water partition coefficient (Wildman–Crippen LogP) is 2.42. The van der Waals surface area contributed by atoms with Crippen LogP contribution in [0.2, 0.25) is 0 Å². The quantitative estimate of drug-likeness (QED) is 0.499. The van der Waals surface area contributed by atoms with Crippen LogP contribution in [-0.4, -0.2) is 32.4 Å². The number of phenolic OH excluding ortho intramolecular Hbond substituents is 2. The first-order chi connectivity index (χ1) is 11.9. The summed E-state index contributed by atoms with van der Waals surface area (Å²) in [5.74, 6) is -3.50. The first kappa shape index (κ1) is 16.1. The number of carbonyl (C=O) groups is 2. The zero-order valence-corrected chi connectivity index (χ0v) is 12.6. The lowest BCUT2D eigenvalue weighted by molar-refractivity contribution is -0.131. The molecule has 0 aromatic heterocycles. The first-order valence-electron chi connectivity index (χ1n) is 7.10. The molecule has 0 fully saturated rings. The van der Waals surface area contributed by atoms with Crippen molar-refractivity contribution >= 4 is 23.1 Å². The number of hydrogen-bond donors (Lipinski definition) is 4. The van der Waals surface area contributed by atoms with Crippen molar-refractivity contribution in [3.05, 3.63) is 71.2 Å². The van der Waals surface area contributed by atoms with Crippen LogP contribution in [0.4, 0.5) is 0 Å². The molecule has 0 unspecified atom stereocenters. The summed E-state index contributed by atoms with van der Waals surface area (Å²) in [6, 6.07) is 10.6. The molecule has 25 heavy (non-hydrogen) atoms. The molecule has 0 saturated heterocycles. The lowest BCUT2D eigenvalue weighted by Gasteiger charge is -2.07. The van der Waals surface area contributed by atoms with Crippen molar-refractivity contribution in [3.8, 4) is 11.5 Å². The lowest BCUT2D eigenvalue weighted by Crippen LogP contribution is -2.06. The third-order valence-electron chi connectivity index (χ3n) is 3.60. The smallest absolute Gasteiger partial charge is 0.348 e. The third-order valence-corrected chi connectivity index (χ3v) is 3.60. The van der Waals surface area contributed by atoms with Gasteiger partial charge in [-0.15, -0.1) is 0 Å². The van der Waals surface area contributed by atoms with Gasteiger partial charge in [-0.1, -0.05) is 24.3 Å². The molecule has 1 aliphatic rings. The van der Waals surface area contributed by atoms with E-state index >= 15 is 0 Å². The van der Waals surface area contributed by atoms with E-state index in [4.69, 9.17) is 4.74 Å². The topological polar surface area (TPSA) is 124 Å². The fourth-order valence-electron chi connectivity index (χ4n) is 2.43. The molecule has 7 heteroatoms. The van der Waals surface area contributed by atoms with E-state index in [1.807, 2.05) is 0 Å². The molecular weight excluding hydrogens is 328 g/mol. The number of esters is 1. The molecule has 1 heterocycles. The normalized spacial score (nSPS) is 15.9. The molecule has 1 aliphatic heterocycles. The van der Waals surface area contributed by atoms with E-state index < -0.39 is 29.0 Å². The number of aliphatic hydroxyl groups excluding tert-OH is 1. The van der Waals surface area contributed by atoms with Crippen LogP contribution in [0.1, 0.15) is 11.1 Å². The highest BCUT2D eigenvalue weighted by Crippen LogP contribution is 2.36. The summed E-state index contributed by atoms with van der Waals surface area (Å²) in [4.78, 5) is 23.8. The van der Waals surface area contributed by atoms with Crippen molar-refractivity contribution in [1.82, 2.24) is 0 Å². The van der Waals surface area contributed by atoms with Crippen molar-refractivity contribution in [1.29, 1.82) is 0 Å². The van der Waals surface area contributed by atoms with Crippen LogP contribution in [-0.2, 0) is 14.3 Å². The number of hydrogen-bond acceptors (Lipinski definition) is 6. The van der Waals surface area contributed by atoms with Gasteiger partial charge in [-0.05, 0) is 35.4 Å². The van der Waals surface area contributed by atoms with Crippen molar-refractivity contribution in [2.75, 3.05) is 0 Å². The first-order valence-corrected chi connectivity index (χ1v) is 7.10. The molecule has 0 spiro atoms. The number of aromatic hydroxyl groups is 2. The molecule has 2 aromatic carbocycles. The van der Waals surface area contributed by atoms with E-state index in [0.29, 0.717) is 0 Å². The number of carboxylic acid groups (broad SMARTS) is 1. The summed E-state index contributed by atoms with van der Waals surface area (Å²) < 4.78 is 4.99. The Kier molecular flexibility index (Phi) is 3.90. The van der Waals surface area contributed by atoms with Gasteiger partial charge in [0.15, 0.2) is 11.5 Å². The Bertz CT molecular complexity index is 919. The average molecular weight is 340 g/mol. The van der Waals surface area contributed by atoms with Gasteiger partial charge in [-0.3, -0.25) is 0 Å². The van der Waals surface area contributed by atoms with E-state index in [-0.39, 0.29) is 28.2 Å². The molecule has 0 radical (unpaired) electrons. The maximum Gasteiger partial charge on any atom is 0.348 e. The molecular formula is C18H12O7. The lowest BCUT2D eigenvalue weighted by atomic mass is 10.0. The number of aliphatic hydroxyl groups is 1. The molecule has 0 aliphatic carbocycles. The maximum absolute atomic E-state index is 12.1. The van der Waals surface area contributed by atoms with Gasteiger partial charge >= 0.3 is 11.9 Å². The Hall–Kier alpha value is -3.74. The molecule has 7 nitrogen and oxygen atoms in total. The Balaban J connectivity index is 2.18. The van der Waals surface area contributed by atoms with Gasteiger partial charge in [-0.2, -0.15) is 0 Å². The summed E-state index contributed by atoms with van der Waals surface area (Å²) in [7, 11) is 0. The Morgan fingerprint density at radius 2 is 1.36 bits per heavy atom. The molecule has 2 aromatic rings. The highest BCUT2D eigenvalue weighted by atomic mass is 16.6. The van der Waals surface area contributed by atoms with Crippen molar-refractivity contribution < 1.29 is 34.8 Å². The number of ether oxygens (including phenoxy) is 1.